The fourth-order valence-corrected chi connectivity index (χ4v) is 3.89. The van der Waals surface area contributed by atoms with Crippen LogP contribution < -0.4 is 10.6 Å². The molecule has 0 bridgehead atoms. The maximum atomic E-state index is 13.1. The highest BCUT2D eigenvalue weighted by Crippen LogP contribution is 2.20. The SMILES string of the molecule is CCNC(=NCC(O)c1ccc(F)cc1)NC1CCN(Cc2ccccc2)C(C)C1.I. The predicted octanol–water partition coefficient (Wildman–Crippen LogP) is 4.09. The number of aliphatic imine (C=N–C) groups is 1. The van der Waals surface area contributed by atoms with Gasteiger partial charge in [-0.25, -0.2) is 4.39 Å². The number of likely N-dealkylation sites (tertiary alicyclic amines) is 1. The number of benzene rings is 2. The van der Waals surface area contributed by atoms with Crippen molar-refractivity contribution in [1.29, 1.82) is 0 Å². The molecular formula is C24H34FIN4O. The lowest BCUT2D eigenvalue weighted by Crippen LogP contribution is -2.51. The number of halogens is 2. The Morgan fingerprint density at radius 1 is 1.19 bits per heavy atom. The van der Waals surface area contributed by atoms with Crippen molar-refractivity contribution in [2.45, 2.75) is 51.4 Å². The van der Waals surface area contributed by atoms with Crippen LogP contribution in [-0.2, 0) is 6.54 Å². The third kappa shape index (κ3) is 8.05. The second-order valence-corrected chi connectivity index (χ2v) is 7.96. The van der Waals surface area contributed by atoms with Crippen LogP contribution in [0.1, 0.15) is 43.9 Å². The normalized spacial score (nSPS) is 20.6. The highest BCUT2D eigenvalue weighted by Gasteiger charge is 2.26. The van der Waals surface area contributed by atoms with Gasteiger partial charge >= 0.3 is 0 Å². The molecular weight excluding hydrogens is 506 g/mol. The van der Waals surface area contributed by atoms with Crippen LogP contribution in [0.5, 0.6) is 0 Å². The summed E-state index contributed by atoms with van der Waals surface area (Å²) in [5.74, 6) is 0.407. The van der Waals surface area contributed by atoms with Crippen LogP contribution in [0.4, 0.5) is 4.39 Å². The van der Waals surface area contributed by atoms with Crippen LogP contribution in [0.15, 0.2) is 59.6 Å². The van der Waals surface area contributed by atoms with Gasteiger partial charge in [0.2, 0.25) is 0 Å². The molecule has 170 valence electrons. The third-order valence-corrected chi connectivity index (χ3v) is 5.60. The predicted molar refractivity (Wildman–Crippen MR) is 135 cm³/mol. The molecule has 1 fully saturated rings. The summed E-state index contributed by atoms with van der Waals surface area (Å²) in [6, 6.07) is 17.3. The standard InChI is InChI=1S/C24H33FN4O.HI/c1-3-26-24(27-16-23(30)20-9-11-21(25)12-10-20)28-22-13-14-29(18(2)15-22)17-19-7-5-4-6-8-19;/h4-12,18,22-23,30H,3,13-17H2,1-2H3,(H2,26,27,28);1H. The Hall–Kier alpha value is -1.71. The first-order valence-corrected chi connectivity index (χ1v) is 10.8. The Bertz CT molecular complexity index is 803. The first-order chi connectivity index (χ1) is 14.5. The monoisotopic (exact) mass is 540 g/mol. The molecule has 0 aliphatic carbocycles. The first kappa shape index (κ1) is 25.5. The molecule has 0 saturated carbocycles. The zero-order valence-electron chi connectivity index (χ0n) is 18.3. The van der Waals surface area contributed by atoms with Crippen molar-refractivity contribution in [3.05, 3.63) is 71.5 Å². The molecule has 3 atom stereocenters. The van der Waals surface area contributed by atoms with Gasteiger partial charge in [-0.3, -0.25) is 9.89 Å². The Kier molecular flexibility index (Phi) is 10.7. The average molecular weight is 540 g/mol. The van der Waals surface area contributed by atoms with Gasteiger partial charge in [-0.2, -0.15) is 0 Å². The molecule has 0 amide bonds. The summed E-state index contributed by atoms with van der Waals surface area (Å²) in [4.78, 5) is 7.08. The topological polar surface area (TPSA) is 59.9 Å². The van der Waals surface area contributed by atoms with Gasteiger partial charge in [-0.05, 0) is 49.9 Å². The number of piperidine rings is 1. The lowest BCUT2D eigenvalue weighted by atomic mass is 9.97. The van der Waals surface area contributed by atoms with Gasteiger partial charge in [0.15, 0.2) is 5.96 Å². The zero-order valence-corrected chi connectivity index (χ0v) is 20.6. The number of aliphatic hydroxyl groups excluding tert-OH is 1. The Balaban J connectivity index is 0.00000341. The smallest absolute Gasteiger partial charge is 0.191 e. The fraction of sp³-hybridized carbons (Fsp3) is 0.458. The van der Waals surface area contributed by atoms with E-state index in [0.29, 0.717) is 23.6 Å². The van der Waals surface area contributed by atoms with E-state index in [2.05, 4.69) is 57.8 Å². The van der Waals surface area contributed by atoms with Crippen molar-refractivity contribution in [3.63, 3.8) is 0 Å². The molecule has 5 nitrogen and oxygen atoms in total. The molecule has 0 spiro atoms. The molecule has 2 aromatic carbocycles. The maximum Gasteiger partial charge on any atom is 0.191 e. The summed E-state index contributed by atoms with van der Waals surface area (Å²) >= 11 is 0. The number of nitrogens with one attached hydrogen (secondary N) is 2. The van der Waals surface area contributed by atoms with Gasteiger partial charge in [-0.1, -0.05) is 42.5 Å². The van der Waals surface area contributed by atoms with Crippen LogP contribution in [-0.4, -0.2) is 47.7 Å². The lowest BCUT2D eigenvalue weighted by Gasteiger charge is -2.38. The van der Waals surface area contributed by atoms with E-state index in [1.54, 1.807) is 12.1 Å². The number of hydrogen-bond donors (Lipinski definition) is 3. The van der Waals surface area contributed by atoms with Crippen LogP contribution in [0, 0.1) is 5.82 Å². The molecule has 1 aliphatic heterocycles. The molecule has 0 radical (unpaired) electrons. The summed E-state index contributed by atoms with van der Waals surface area (Å²) in [5.41, 5.74) is 2.01. The molecule has 1 heterocycles. The van der Waals surface area contributed by atoms with Gasteiger partial charge in [0.05, 0.1) is 12.6 Å². The van der Waals surface area contributed by atoms with E-state index in [-0.39, 0.29) is 36.3 Å². The number of hydrogen-bond acceptors (Lipinski definition) is 3. The van der Waals surface area contributed by atoms with Crippen molar-refractivity contribution in [2.75, 3.05) is 19.6 Å². The van der Waals surface area contributed by atoms with Gasteiger partial charge in [0.1, 0.15) is 5.82 Å². The summed E-state index contributed by atoms with van der Waals surface area (Å²) in [6.45, 7) is 7.29. The molecule has 7 heteroatoms. The molecule has 2 aromatic rings. The number of rotatable bonds is 7. The molecule has 3 rings (SSSR count). The van der Waals surface area contributed by atoms with Gasteiger partial charge in [0, 0.05) is 31.7 Å². The van der Waals surface area contributed by atoms with Crippen molar-refractivity contribution in [3.8, 4) is 0 Å². The minimum absolute atomic E-state index is 0. The van der Waals surface area contributed by atoms with E-state index < -0.39 is 6.10 Å². The number of nitrogens with zero attached hydrogens (tertiary/aromatic N) is 2. The Morgan fingerprint density at radius 2 is 1.90 bits per heavy atom. The van der Waals surface area contributed by atoms with Crippen molar-refractivity contribution < 1.29 is 9.50 Å². The second kappa shape index (κ2) is 13.0. The Labute approximate surface area is 202 Å². The molecule has 31 heavy (non-hydrogen) atoms. The second-order valence-electron chi connectivity index (χ2n) is 7.96. The maximum absolute atomic E-state index is 13.1. The quantitative estimate of drug-likeness (QED) is 0.282. The number of aliphatic hydroxyl groups is 1. The van der Waals surface area contributed by atoms with Crippen molar-refractivity contribution in [2.24, 2.45) is 4.99 Å². The highest BCUT2D eigenvalue weighted by molar-refractivity contribution is 14.0. The van der Waals surface area contributed by atoms with Gasteiger partial charge in [-0.15, -0.1) is 24.0 Å². The minimum Gasteiger partial charge on any atom is -0.386 e. The summed E-state index contributed by atoms with van der Waals surface area (Å²) < 4.78 is 13.1. The molecule has 1 aliphatic rings. The van der Waals surface area contributed by atoms with Crippen molar-refractivity contribution >= 4 is 29.9 Å². The Morgan fingerprint density at radius 3 is 2.55 bits per heavy atom. The van der Waals surface area contributed by atoms with Crippen LogP contribution in [0.2, 0.25) is 0 Å². The summed E-state index contributed by atoms with van der Waals surface area (Å²) in [7, 11) is 0. The van der Waals surface area contributed by atoms with Gasteiger partial charge in [0.25, 0.3) is 0 Å². The van der Waals surface area contributed by atoms with Crippen LogP contribution in [0.3, 0.4) is 0 Å². The summed E-state index contributed by atoms with van der Waals surface area (Å²) in [5, 5.41) is 17.2. The lowest BCUT2D eigenvalue weighted by molar-refractivity contribution is 0.134. The van der Waals surface area contributed by atoms with E-state index in [0.717, 1.165) is 32.5 Å². The van der Waals surface area contributed by atoms with Gasteiger partial charge < -0.3 is 15.7 Å². The third-order valence-electron chi connectivity index (χ3n) is 5.60. The largest absolute Gasteiger partial charge is 0.386 e. The van der Waals surface area contributed by atoms with E-state index in [4.69, 9.17) is 0 Å². The first-order valence-electron chi connectivity index (χ1n) is 10.8. The fourth-order valence-electron chi connectivity index (χ4n) is 3.89. The van der Waals surface area contributed by atoms with Crippen LogP contribution in [0.25, 0.3) is 0 Å². The molecule has 0 aromatic heterocycles. The minimum atomic E-state index is -0.757. The van der Waals surface area contributed by atoms with Crippen LogP contribution >= 0.6 is 24.0 Å². The molecule has 1 saturated heterocycles. The molecule has 3 unspecified atom stereocenters. The van der Waals surface area contributed by atoms with Crippen molar-refractivity contribution in [1.82, 2.24) is 15.5 Å². The van der Waals surface area contributed by atoms with E-state index >= 15 is 0 Å². The molecule has 3 N–H and O–H groups in total. The zero-order chi connectivity index (χ0) is 21.3. The van der Waals surface area contributed by atoms with E-state index in [1.807, 2.05) is 6.92 Å². The summed E-state index contributed by atoms with van der Waals surface area (Å²) in [6.07, 6.45) is 1.33. The number of guanidine groups is 1. The highest BCUT2D eigenvalue weighted by atomic mass is 127. The van der Waals surface area contributed by atoms with E-state index in [1.165, 1.54) is 17.7 Å². The van der Waals surface area contributed by atoms with E-state index in [9.17, 15) is 9.50 Å². The average Bonchev–Trinajstić information content (AvgIpc) is 2.75.